The summed E-state index contributed by atoms with van der Waals surface area (Å²) in [5, 5.41) is 0. The Hall–Kier alpha value is -1.89. The lowest BCUT2D eigenvalue weighted by molar-refractivity contribution is 0.441. The van der Waals surface area contributed by atoms with Gasteiger partial charge in [0.1, 0.15) is 0 Å². The summed E-state index contributed by atoms with van der Waals surface area (Å²) in [7, 11) is 0. The molecule has 1 aromatic rings. The molecule has 0 radical (unpaired) electrons. The largest absolute Gasteiger partial charge is 0.264 e. The van der Waals surface area contributed by atoms with Crippen LogP contribution in [0.4, 0.5) is 0 Å². The molecule has 0 N–H and O–H groups in total. The van der Waals surface area contributed by atoms with Crippen LogP contribution in [0.1, 0.15) is 73.5 Å². The van der Waals surface area contributed by atoms with Crippen molar-refractivity contribution in [3.63, 3.8) is 0 Å². The maximum Gasteiger partial charge on any atom is 0.0305 e. The standard InChI is InChI=1S/C23H29N/c1-19-10-6-3-2-4-9-17-24-18-23(21-14-15-21)22(16-13-19)20-11-7-5-8-12-20/h2-4,6,9-10,13,16-18,20-21H,5,7-8,11-12,14-15H2,1H3. The highest BCUT2D eigenvalue weighted by Crippen LogP contribution is 2.44. The van der Waals surface area contributed by atoms with Gasteiger partial charge in [-0.25, -0.2) is 0 Å². The minimum Gasteiger partial charge on any atom is -0.264 e. The van der Waals surface area contributed by atoms with E-state index in [0.717, 1.165) is 11.8 Å². The zero-order valence-corrected chi connectivity index (χ0v) is 14.8. The lowest BCUT2D eigenvalue weighted by Crippen LogP contribution is -2.06. The molecular weight excluding hydrogens is 290 g/mol. The number of hydrogen-bond donors (Lipinski definition) is 0. The topological polar surface area (TPSA) is 12.9 Å². The summed E-state index contributed by atoms with van der Waals surface area (Å²) in [6.45, 7) is 2.18. The predicted molar refractivity (Wildman–Crippen MR) is 102 cm³/mol. The summed E-state index contributed by atoms with van der Waals surface area (Å²) in [6, 6.07) is 17.1. The van der Waals surface area contributed by atoms with Crippen molar-refractivity contribution >= 4 is 0 Å². The highest BCUT2D eigenvalue weighted by molar-refractivity contribution is 5.33. The molecule has 1 aromatic heterocycles. The first-order chi connectivity index (χ1) is 11.8. The second-order valence-corrected chi connectivity index (χ2v) is 7.15. The van der Waals surface area contributed by atoms with E-state index in [0.29, 0.717) is 0 Å². The Morgan fingerprint density at radius 1 is 0.708 bits per heavy atom. The fourth-order valence-electron chi connectivity index (χ4n) is 3.59. The van der Waals surface area contributed by atoms with Crippen molar-refractivity contribution in [2.75, 3.05) is 0 Å². The fourth-order valence-corrected chi connectivity index (χ4v) is 3.59. The van der Waals surface area contributed by atoms with Gasteiger partial charge in [0, 0.05) is 12.4 Å². The molecule has 0 atom stereocenters. The zero-order chi connectivity index (χ0) is 16.6. The predicted octanol–water partition coefficient (Wildman–Crippen LogP) is 6.56. The van der Waals surface area contributed by atoms with E-state index in [9.17, 15) is 0 Å². The molecule has 2 fully saturated rings. The minimum atomic E-state index is 0.720. The average molecular weight is 319 g/mol. The van der Waals surface area contributed by atoms with Gasteiger partial charge in [0.05, 0.1) is 0 Å². The highest BCUT2D eigenvalue weighted by Gasteiger charge is 2.28. The Bertz CT molecular complexity index is 652. The van der Waals surface area contributed by atoms with Crippen LogP contribution in [0.25, 0.3) is 0 Å². The van der Waals surface area contributed by atoms with Crippen LogP contribution in [0.2, 0.25) is 0 Å². The van der Waals surface area contributed by atoms with Crippen LogP contribution in [0.5, 0.6) is 0 Å². The monoisotopic (exact) mass is 319 g/mol. The summed E-state index contributed by atoms with van der Waals surface area (Å²) in [5.41, 5.74) is 4.35. The molecule has 0 amide bonds. The summed E-state index contributed by atoms with van der Waals surface area (Å²) in [5.74, 6) is 1.45. The van der Waals surface area contributed by atoms with E-state index in [-0.39, 0.29) is 0 Å². The number of hydrogen-bond acceptors (Lipinski definition) is 1. The van der Waals surface area contributed by atoms with E-state index in [4.69, 9.17) is 0 Å². The first kappa shape index (κ1) is 17.0. The molecule has 1 heterocycles. The lowest BCUT2D eigenvalue weighted by Gasteiger charge is -2.23. The van der Waals surface area contributed by atoms with E-state index in [2.05, 4.69) is 48.4 Å². The molecular formula is C23H29N. The van der Waals surface area contributed by atoms with Crippen LogP contribution < -0.4 is 0 Å². The number of rotatable bonds is 2. The van der Waals surface area contributed by atoms with Crippen LogP contribution in [0.3, 0.4) is 0 Å². The molecule has 3 rings (SSSR count). The van der Waals surface area contributed by atoms with Gasteiger partial charge >= 0.3 is 0 Å². The number of nitrogens with zero attached hydrogens (tertiary/aromatic N) is 1. The van der Waals surface area contributed by atoms with Crippen molar-refractivity contribution in [2.24, 2.45) is 0 Å². The van der Waals surface area contributed by atoms with Gasteiger partial charge in [0.2, 0.25) is 0 Å². The van der Waals surface area contributed by atoms with E-state index in [1.165, 1.54) is 56.1 Å². The van der Waals surface area contributed by atoms with Gasteiger partial charge in [-0.3, -0.25) is 4.98 Å². The third kappa shape index (κ3) is 5.06. The summed E-state index contributed by atoms with van der Waals surface area (Å²) in [6.07, 6.45) is 13.5. The lowest BCUT2D eigenvalue weighted by atomic mass is 9.82. The summed E-state index contributed by atoms with van der Waals surface area (Å²) in [4.78, 5) is 4.58. The van der Waals surface area contributed by atoms with Crippen molar-refractivity contribution in [1.82, 2.24) is 4.98 Å². The Kier molecular flexibility index (Phi) is 6.23. The van der Waals surface area contributed by atoms with Crippen molar-refractivity contribution in [2.45, 2.75) is 63.7 Å². The maximum absolute atomic E-state index is 4.58. The van der Waals surface area contributed by atoms with Gasteiger partial charge in [0.25, 0.3) is 0 Å². The molecule has 2 aliphatic carbocycles. The van der Waals surface area contributed by atoms with Gasteiger partial charge in [-0.15, -0.1) is 0 Å². The minimum absolute atomic E-state index is 0.720. The van der Waals surface area contributed by atoms with Crippen LogP contribution in [0.15, 0.2) is 60.9 Å². The zero-order valence-electron chi connectivity index (χ0n) is 14.8. The molecule has 0 spiro atoms. The van der Waals surface area contributed by atoms with E-state index >= 15 is 0 Å². The first-order valence-corrected chi connectivity index (χ1v) is 9.46. The Morgan fingerprint density at radius 3 is 2.21 bits per heavy atom. The molecule has 126 valence electrons. The van der Waals surface area contributed by atoms with Gasteiger partial charge in [-0.2, -0.15) is 0 Å². The molecule has 1 heteroatoms. The quantitative estimate of drug-likeness (QED) is 0.601. The van der Waals surface area contributed by atoms with Crippen LogP contribution >= 0.6 is 0 Å². The highest BCUT2D eigenvalue weighted by atomic mass is 14.6. The summed E-state index contributed by atoms with van der Waals surface area (Å²) >= 11 is 0. The molecule has 0 aromatic carbocycles. The number of aryl methyl sites for hydroxylation is 1. The SMILES string of the molecule is Cc1cccccccncc(C2CC2)c(C2CCCCC2)cc1. The number of aromatic nitrogens is 1. The van der Waals surface area contributed by atoms with Crippen LogP contribution in [-0.2, 0) is 0 Å². The first-order valence-electron chi connectivity index (χ1n) is 9.46. The second-order valence-electron chi connectivity index (χ2n) is 7.15. The van der Waals surface area contributed by atoms with Crippen molar-refractivity contribution in [3.8, 4) is 0 Å². The van der Waals surface area contributed by atoms with E-state index < -0.39 is 0 Å². The van der Waals surface area contributed by atoms with Crippen molar-refractivity contribution in [1.29, 1.82) is 0 Å². The molecule has 2 aliphatic rings. The Balaban J connectivity index is 2.11. The van der Waals surface area contributed by atoms with Crippen molar-refractivity contribution in [3.05, 3.63) is 77.6 Å². The summed E-state index contributed by atoms with van der Waals surface area (Å²) < 4.78 is 0. The molecule has 2 saturated carbocycles. The normalized spacial score (nSPS) is 17.5. The van der Waals surface area contributed by atoms with Gasteiger partial charge < -0.3 is 0 Å². The third-order valence-electron chi connectivity index (χ3n) is 5.11. The van der Waals surface area contributed by atoms with Crippen LogP contribution in [-0.4, -0.2) is 4.98 Å². The van der Waals surface area contributed by atoms with Gasteiger partial charge in [-0.1, -0.05) is 67.3 Å². The molecule has 0 aliphatic heterocycles. The van der Waals surface area contributed by atoms with Crippen LogP contribution in [0, 0.1) is 6.92 Å². The Labute approximate surface area is 146 Å². The molecule has 0 unspecified atom stereocenters. The van der Waals surface area contributed by atoms with E-state index in [1.54, 1.807) is 5.56 Å². The maximum atomic E-state index is 4.58. The fraction of sp³-hybridized carbons (Fsp3) is 0.435. The van der Waals surface area contributed by atoms with Gasteiger partial charge in [0.15, 0.2) is 0 Å². The average Bonchev–Trinajstić information content (AvgIpc) is 3.44. The third-order valence-corrected chi connectivity index (χ3v) is 5.11. The second kappa shape index (κ2) is 8.82. The smallest absolute Gasteiger partial charge is 0.0305 e. The van der Waals surface area contributed by atoms with E-state index in [1.807, 2.05) is 24.4 Å². The molecule has 0 saturated heterocycles. The Morgan fingerprint density at radius 2 is 1.42 bits per heavy atom. The molecule has 1 nitrogen and oxygen atoms in total. The van der Waals surface area contributed by atoms with Gasteiger partial charge in [-0.05, 0) is 61.6 Å². The molecule has 24 heavy (non-hydrogen) atoms. The molecule has 0 bridgehead atoms. The van der Waals surface area contributed by atoms with Crippen molar-refractivity contribution < 1.29 is 0 Å².